The second-order valence-corrected chi connectivity index (χ2v) is 7.37. The summed E-state index contributed by atoms with van der Waals surface area (Å²) in [7, 11) is 0. The van der Waals surface area contributed by atoms with Crippen LogP contribution in [0.3, 0.4) is 0 Å². The van der Waals surface area contributed by atoms with E-state index in [0.29, 0.717) is 5.69 Å². The molecule has 3 aromatic carbocycles. The van der Waals surface area contributed by atoms with Crippen LogP contribution in [0.1, 0.15) is 10.4 Å². The van der Waals surface area contributed by atoms with Gasteiger partial charge >= 0.3 is 6.36 Å². The summed E-state index contributed by atoms with van der Waals surface area (Å²) in [4.78, 5) is 17.0. The molecule has 156 valence electrons. The van der Waals surface area contributed by atoms with Crippen molar-refractivity contribution in [3.8, 4) is 27.6 Å². The third-order valence-corrected chi connectivity index (χ3v) is 5.20. The normalized spacial score (nSPS) is 11.2. The van der Waals surface area contributed by atoms with Crippen molar-refractivity contribution in [2.75, 3.05) is 5.32 Å². The number of rotatable bonds is 5. The Morgan fingerprint density at radius 2 is 1.55 bits per heavy atom. The van der Waals surface area contributed by atoms with E-state index in [1.165, 1.54) is 12.1 Å². The highest BCUT2D eigenvalue weighted by Crippen LogP contribution is 2.29. The van der Waals surface area contributed by atoms with Gasteiger partial charge < -0.3 is 10.1 Å². The summed E-state index contributed by atoms with van der Waals surface area (Å²) in [5.41, 5.74) is 3.56. The Balaban J connectivity index is 1.42. The summed E-state index contributed by atoms with van der Waals surface area (Å²) in [6, 6.07) is 21.8. The zero-order valence-electron chi connectivity index (χ0n) is 15.9. The minimum atomic E-state index is -4.77. The topological polar surface area (TPSA) is 51.2 Å². The number of thiazole rings is 1. The molecular weight excluding hydrogens is 425 g/mol. The molecule has 0 bridgehead atoms. The van der Waals surface area contributed by atoms with E-state index in [4.69, 9.17) is 0 Å². The maximum Gasteiger partial charge on any atom is 0.573 e. The molecule has 0 aliphatic carbocycles. The van der Waals surface area contributed by atoms with Crippen LogP contribution in [0.15, 0.2) is 84.2 Å². The highest BCUT2D eigenvalue weighted by atomic mass is 32.1. The first kappa shape index (κ1) is 20.6. The molecule has 1 N–H and O–H groups in total. The van der Waals surface area contributed by atoms with Gasteiger partial charge in [-0.2, -0.15) is 0 Å². The number of hydrogen-bond acceptors (Lipinski definition) is 4. The van der Waals surface area contributed by atoms with Crippen LogP contribution in [0.5, 0.6) is 5.75 Å². The van der Waals surface area contributed by atoms with E-state index in [0.717, 1.165) is 34.0 Å². The van der Waals surface area contributed by atoms with Crippen molar-refractivity contribution >= 4 is 22.9 Å². The first-order chi connectivity index (χ1) is 14.9. The maximum absolute atomic E-state index is 12.3. The van der Waals surface area contributed by atoms with Crippen LogP contribution in [0.25, 0.3) is 21.8 Å². The van der Waals surface area contributed by atoms with Crippen molar-refractivity contribution in [1.82, 2.24) is 4.98 Å². The monoisotopic (exact) mass is 440 g/mol. The molecule has 0 saturated heterocycles. The highest BCUT2D eigenvalue weighted by Gasteiger charge is 2.31. The minimum Gasteiger partial charge on any atom is -0.406 e. The van der Waals surface area contributed by atoms with Gasteiger partial charge in [0.2, 0.25) is 0 Å². The zero-order chi connectivity index (χ0) is 21.8. The number of halogens is 3. The second-order valence-electron chi connectivity index (χ2n) is 6.51. The summed E-state index contributed by atoms with van der Waals surface area (Å²) >= 11 is 1.55. The van der Waals surface area contributed by atoms with Crippen molar-refractivity contribution < 1.29 is 22.7 Å². The van der Waals surface area contributed by atoms with Gasteiger partial charge in [0.1, 0.15) is 10.8 Å². The van der Waals surface area contributed by atoms with Gasteiger partial charge in [0.25, 0.3) is 5.91 Å². The van der Waals surface area contributed by atoms with Gasteiger partial charge in [0.15, 0.2) is 0 Å². The van der Waals surface area contributed by atoms with Crippen molar-refractivity contribution in [2.45, 2.75) is 6.36 Å². The van der Waals surface area contributed by atoms with Crippen LogP contribution < -0.4 is 10.1 Å². The first-order valence-electron chi connectivity index (χ1n) is 9.16. The Morgan fingerprint density at radius 3 is 2.19 bits per heavy atom. The summed E-state index contributed by atoms with van der Waals surface area (Å²) in [5.74, 6) is -0.821. The highest BCUT2D eigenvalue weighted by molar-refractivity contribution is 7.13. The van der Waals surface area contributed by atoms with Crippen LogP contribution in [0.2, 0.25) is 0 Å². The molecule has 4 aromatic rings. The van der Waals surface area contributed by atoms with Gasteiger partial charge in [-0.05, 0) is 36.4 Å². The number of ether oxygens (including phenoxy) is 1. The molecule has 8 heteroatoms. The van der Waals surface area contributed by atoms with Gasteiger partial charge in [-0.1, -0.05) is 42.5 Å². The van der Waals surface area contributed by atoms with Crippen molar-refractivity contribution in [3.63, 3.8) is 0 Å². The predicted molar refractivity (Wildman–Crippen MR) is 114 cm³/mol. The summed E-state index contributed by atoms with van der Waals surface area (Å²) in [6.07, 6.45) is -4.77. The third kappa shape index (κ3) is 5.29. The number of nitrogens with one attached hydrogen (secondary N) is 1. The van der Waals surface area contributed by atoms with E-state index in [9.17, 15) is 18.0 Å². The average molecular weight is 440 g/mol. The third-order valence-electron chi connectivity index (χ3n) is 4.31. The molecule has 0 unspecified atom stereocenters. The Bertz CT molecular complexity index is 1170. The van der Waals surface area contributed by atoms with Gasteiger partial charge in [0, 0.05) is 27.8 Å². The summed E-state index contributed by atoms with van der Waals surface area (Å²) in [5, 5.41) is 5.61. The largest absolute Gasteiger partial charge is 0.573 e. The number of anilines is 1. The van der Waals surface area contributed by atoms with Crippen LogP contribution >= 0.6 is 11.3 Å². The molecule has 4 rings (SSSR count). The molecule has 1 heterocycles. The fourth-order valence-electron chi connectivity index (χ4n) is 2.86. The van der Waals surface area contributed by atoms with Crippen molar-refractivity contribution in [1.29, 1.82) is 0 Å². The molecule has 1 amide bonds. The number of amides is 1. The fraction of sp³-hybridized carbons (Fsp3) is 0.0435. The Hall–Kier alpha value is -3.65. The summed E-state index contributed by atoms with van der Waals surface area (Å²) < 4.78 is 40.5. The lowest BCUT2D eigenvalue weighted by molar-refractivity contribution is -0.274. The number of hydrogen-bond donors (Lipinski definition) is 1. The van der Waals surface area contributed by atoms with Gasteiger partial charge in [-0.25, -0.2) is 4.98 Å². The van der Waals surface area contributed by atoms with Crippen LogP contribution in [-0.2, 0) is 0 Å². The molecule has 4 nitrogen and oxygen atoms in total. The number of benzene rings is 3. The smallest absolute Gasteiger partial charge is 0.406 e. The van der Waals surface area contributed by atoms with E-state index < -0.39 is 12.3 Å². The van der Waals surface area contributed by atoms with Gasteiger partial charge in [-0.15, -0.1) is 24.5 Å². The Labute approximate surface area is 180 Å². The van der Waals surface area contributed by atoms with E-state index in [2.05, 4.69) is 15.0 Å². The molecule has 0 saturated carbocycles. The van der Waals surface area contributed by atoms with Crippen LogP contribution in [0, 0.1) is 0 Å². The van der Waals surface area contributed by atoms with E-state index >= 15 is 0 Å². The summed E-state index contributed by atoms with van der Waals surface area (Å²) in [6.45, 7) is 0. The molecule has 0 aliphatic heterocycles. The number of nitrogens with zero attached hydrogens (tertiary/aromatic N) is 1. The van der Waals surface area contributed by atoms with Crippen molar-refractivity contribution in [3.05, 3.63) is 89.8 Å². The molecular formula is C23H15F3N2O2S. The SMILES string of the molecule is O=C(Nc1ccc(-c2csc(-c3ccccc3)n2)cc1)c1ccc(OC(F)(F)F)cc1. The average Bonchev–Trinajstić information content (AvgIpc) is 3.25. The number of carbonyl (C=O) groups excluding carboxylic acids is 1. The van der Waals surface area contributed by atoms with Crippen LogP contribution in [0.4, 0.5) is 18.9 Å². The van der Waals surface area contributed by atoms with E-state index in [-0.39, 0.29) is 11.3 Å². The Morgan fingerprint density at radius 1 is 0.871 bits per heavy atom. The molecule has 0 radical (unpaired) electrons. The van der Waals surface area contributed by atoms with Gasteiger partial charge in [0.05, 0.1) is 5.69 Å². The number of alkyl halides is 3. The second kappa shape index (κ2) is 8.61. The van der Waals surface area contributed by atoms with Crippen molar-refractivity contribution in [2.24, 2.45) is 0 Å². The first-order valence-corrected chi connectivity index (χ1v) is 10.0. The maximum atomic E-state index is 12.3. The molecule has 31 heavy (non-hydrogen) atoms. The zero-order valence-corrected chi connectivity index (χ0v) is 16.7. The van der Waals surface area contributed by atoms with Gasteiger partial charge in [-0.3, -0.25) is 4.79 Å². The minimum absolute atomic E-state index is 0.214. The lowest BCUT2D eigenvalue weighted by Gasteiger charge is -2.09. The lowest BCUT2D eigenvalue weighted by atomic mass is 10.1. The predicted octanol–water partition coefficient (Wildman–Crippen LogP) is 6.63. The number of carbonyl (C=O) groups is 1. The quantitative estimate of drug-likeness (QED) is 0.379. The lowest BCUT2D eigenvalue weighted by Crippen LogP contribution is -2.17. The molecule has 0 atom stereocenters. The molecule has 1 aromatic heterocycles. The molecule has 0 fully saturated rings. The Kier molecular flexibility index (Phi) is 5.73. The standard InChI is InChI=1S/C23H15F3N2O2S/c24-23(25,26)30-19-12-8-16(9-13-19)21(29)27-18-10-6-15(7-11-18)20-14-31-22(28-20)17-4-2-1-3-5-17/h1-14H,(H,27,29). The van der Waals surface area contributed by atoms with E-state index in [1.807, 2.05) is 47.8 Å². The fourth-order valence-corrected chi connectivity index (χ4v) is 3.69. The van der Waals surface area contributed by atoms with Crippen LogP contribution in [-0.4, -0.2) is 17.3 Å². The molecule has 0 aliphatic rings. The number of aromatic nitrogens is 1. The molecule has 0 spiro atoms. The van der Waals surface area contributed by atoms with E-state index in [1.54, 1.807) is 23.5 Å².